The highest BCUT2D eigenvalue weighted by atomic mass is 79.9. The number of hydrazine groups is 1. The molecule has 1 fully saturated rings. The Morgan fingerprint density at radius 1 is 1.34 bits per heavy atom. The molecule has 196 valence electrons. The highest BCUT2D eigenvalue weighted by Crippen LogP contribution is 2.58. The zero-order valence-electron chi connectivity index (χ0n) is 19.7. The van der Waals surface area contributed by atoms with Crippen LogP contribution >= 0.6 is 39.5 Å². The Labute approximate surface area is 233 Å². The second-order valence-corrected chi connectivity index (χ2v) is 12.3. The topological polar surface area (TPSA) is 131 Å². The van der Waals surface area contributed by atoms with Gasteiger partial charge in [-0.15, -0.1) is 11.8 Å². The number of non-ortho nitro benzene ring substituents is 1. The first kappa shape index (κ1) is 25.1. The van der Waals surface area contributed by atoms with E-state index in [0.29, 0.717) is 10.5 Å². The normalized spacial score (nSPS) is 25.5. The van der Waals surface area contributed by atoms with Crippen LogP contribution in [0.25, 0.3) is 0 Å². The average Bonchev–Trinajstić information content (AvgIpc) is 3.66. The fourth-order valence-corrected chi connectivity index (χ4v) is 8.50. The van der Waals surface area contributed by atoms with Crippen molar-refractivity contribution in [2.75, 3.05) is 0 Å². The van der Waals surface area contributed by atoms with Gasteiger partial charge in [0, 0.05) is 36.2 Å². The third-order valence-corrected chi connectivity index (χ3v) is 10.5. The zero-order chi connectivity index (χ0) is 26.8. The number of nitrogens with zero attached hydrogens (tertiary/aromatic N) is 3. The first-order valence-electron chi connectivity index (χ1n) is 11.5. The summed E-state index contributed by atoms with van der Waals surface area (Å²) in [6.07, 6.45) is 4.94. The number of nitro benzene ring substituents is 1. The third-order valence-electron chi connectivity index (χ3n) is 6.62. The number of carbonyl (C=O) groups is 3. The molecule has 1 amide bonds. The molecule has 0 bridgehead atoms. The van der Waals surface area contributed by atoms with Crippen molar-refractivity contribution in [3.8, 4) is 0 Å². The fourth-order valence-electron chi connectivity index (χ4n) is 4.81. The number of nitro groups is 1. The third kappa shape index (κ3) is 3.84. The number of halogens is 1. The lowest BCUT2D eigenvalue weighted by Gasteiger charge is -2.51. The molecule has 0 radical (unpaired) electrons. The molecule has 4 heterocycles. The van der Waals surface area contributed by atoms with Crippen molar-refractivity contribution in [2.24, 2.45) is 0 Å². The Kier molecular flexibility index (Phi) is 6.07. The van der Waals surface area contributed by atoms with Crippen LogP contribution < -0.4 is 5.43 Å². The van der Waals surface area contributed by atoms with E-state index in [4.69, 9.17) is 9.47 Å². The van der Waals surface area contributed by atoms with Crippen molar-refractivity contribution < 1.29 is 28.8 Å². The van der Waals surface area contributed by atoms with E-state index in [1.54, 1.807) is 5.41 Å². The lowest BCUT2D eigenvalue weighted by molar-refractivity contribution is -0.384. The van der Waals surface area contributed by atoms with Crippen LogP contribution in [0.1, 0.15) is 25.3 Å². The van der Waals surface area contributed by atoms with E-state index in [1.807, 2.05) is 11.2 Å². The molecule has 0 spiro atoms. The van der Waals surface area contributed by atoms with Gasteiger partial charge in [0.05, 0.1) is 15.5 Å². The van der Waals surface area contributed by atoms with Crippen molar-refractivity contribution in [3.05, 3.63) is 84.5 Å². The minimum absolute atomic E-state index is 0.0658. The van der Waals surface area contributed by atoms with Gasteiger partial charge < -0.3 is 9.47 Å². The number of hydrogen-bond donors (Lipinski definition) is 1. The molecule has 0 saturated carbocycles. The number of thioether (sulfide) groups is 2. The number of carbonyl (C=O) groups excluding carboxylic acids is 3. The zero-order valence-corrected chi connectivity index (χ0v) is 22.9. The van der Waals surface area contributed by atoms with Crippen molar-refractivity contribution in [3.63, 3.8) is 0 Å². The molecule has 2 unspecified atom stereocenters. The van der Waals surface area contributed by atoms with Crippen LogP contribution in [0.5, 0.6) is 0 Å². The number of amides is 1. The Balaban J connectivity index is 1.16. The second kappa shape index (κ2) is 9.20. The highest BCUT2D eigenvalue weighted by molar-refractivity contribution is 9.10. The molecule has 1 aromatic carbocycles. The molecule has 1 aliphatic carbocycles. The van der Waals surface area contributed by atoms with Crippen LogP contribution in [-0.2, 0) is 30.5 Å². The van der Waals surface area contributed by atoms with E-state index in [1.165, 1.54) is 65.2 Å². The van der Waals surface area contributed by atoms with Crippen LogP contribution in [0.2, 0.25) is 0 Å². The number of allylic oxidation sites excluding steroid dienone is 2. The second-order valence-electron chi connectivity index (χ2n) is 8.98. The molecule has 4 aliphatic heterocycles. The standard InChI is InChI=1S/C24H19BrN4O7S2/c1-12(30)36-19(18-9-27-20(38-18)15-3-2-4-16(15)26-27)24(25)22(32)28-17(11-37-23(24)28)21(31)35-10-13-5-7-14(8-6-13)29(33)34/h4-9,11,19,23,26H,2-3,10H2,1H3/t19?,23-,24?/m1/s1. The summed E-state index contributed by atoms with van der Waals surface area (Å²) in [6, 6.07) is 5.66. The van der Waals surface area contributed by atoms with E-state index in [0.717, 1.165) is 23.6 Å². The Hall–Kier alpha value is -3.23. The van der Waals surface area contributed by atoms with Crippen molar-refractivity contribution >= 4 is 63.0 Å². The van der Waals surface area contributed by atoms with E-state index >= 15 is 0 Å². The molecular weight excluding hydrogens is 600 g/mol. The molecule has 5 aliphatic rings. The van der Waals surface area contributed by atoms with Crippen LogP contribution in [0.3, 0.4) is 0 Å². The molecule has 3 atom stereocenters. The molecule has 11 nitrogen and oxygen atoms in total. The number of nitrogens with one attached hydrogen (secondary N) is 1. The van der Waals surface area contributed by atoms with E-state index in [9.17, 15) is 24.5 Å². The lowest BCUT2D eigenvalue weighted by Crippen LogP contribution is -2.73. The van der Waals surface area contributed by atoms with E-state index in [-0.39, 0.29) is 18.0 Å². The van der Waals surface area contributed by atoms with Gasteiger partial charge >= 0.3 is 11.9 Å². The Morgan fingerprint density at radius 2 is 2.11 bits per heavy atom. The van der Waals surface area contributed by atoms with Crippen LogP contribution in [0, 0.1) is 10.1 Å². The van der Waals surface area contributed by atoms with Crippen molar-refractivity contribution in [1.29, 1.82) is 0 Å². The predicted octanol–water partition coefficient (Wildman–Crippen LogP) is 3.76. The maximum atomic E-state index is 13.5. The minimum atomic E-state index is -1.28. The molecular formula is C24H19BrN4O7S2. The highest BCUT2D eigenvalue weighted by Gasteiger charge is 2.69. The largest absolute Gasteiger partial charge is 0.456 e. The van der Waals surface area contributed by atoms with Gasteiger partial charge in [0.2, 0.25) is 0 Å². The number of esters is 2. The van der Waals surface area contributed by atoms with Crippen LogP contribution in [0.15, 0.2) is 68.9 Å². The summed E-state index contributed by atoms with van der Waals surface area (Å²) < 4.78 is 9.80. The van der Waals surface area contributed by atoms with Gasteiger partial charge in [-0.25, -0.2) is 4.79 Å². The predicted molar refractivity (Wildman–Crippen MR) is 141 cm³/mol. The van der Waals surface area contributed by atoms with E-state index < -0.39 is 38.6 Å². The number of alkyl halides is 1. The maximum absolute atomic E-state index is 13.5. The molecule has 38 heavy (non-hydrogen) atoms. The van der Waals surface area contributed by atoms with Gasteiger partial charge in [0.25, 0.3) is 11.6 Å². The summed E-state index contributed by atoms with van der Waals surface area (Å²) in [5.41, 5.74) is 6.19. The van der Waals surface area contributed by atoms with Gasteiger partial charge in [0.15, 0.2) is 10.4 Å². The van der Waals surface area contributed by atoms with Gasteiger partial charge in [-0.05, 0) is 30.5 Å². The van der Waals surface area contributed by atoms with Gasteiger partial charge in [-0.2, -0.15) is 0 Å². The monoisotopic (exact) mass is 618 g/mol. The fraction of sp³-hybridized carbons (Fsp3) is 0.292. The molecule has 6 rings (SSSR count). The quantitative estimate of drug-likeness (QED) is 0.157. The SMILES string of the molecule is CC(=O)OC(C1=CN2NC3=CCCC3=C2S1)C1(Br)C(=O)N2C(C(=O)OCc3ccc([N+](=O)[O-])cc3)=CS[C@@H]21. The lowest BCUT2D eigenvalue weighted by atomic mass is 9.90. The Morgan fingerprint density at radius 3 is 2.82 bits per heavy atom. The van der Waals surface area contributed by atoms with Gasteiger partial charge in [-0.1, -0.05) is 33.8 Å². The van der Waals surface area contributed by atoms with Crippen LogP contribution in [-0.4, -0.2) is 48.5 Å². The molecule has 1 aromatic rings. The smallest absolute Gasteiger partial charge is 0.355 e. The first-order chi connectivity index (χ1) is 18.2. The molecule has 1 saturated heterocycles. The summed E-state index contributed by atoms with van der Waals surface area (Å²) in [6.45, 7) is 1.19. The number of β-lactam (4-membered cyclic amide) rings is 1. The average molecular weight is 619 g/mol. The molecule has 0 aromatic heterocycles. The van der Waals surface area contributed by atoms with Crippen molar-refractivity contribution in [1.82, 2.24) is 15.3 Å². The number of fused-ring (bicyclic) bond motifs is 3. The minimum Gasteiger partial charge on any atom is -0.456 e. The van der Waals surface area contributed by atoms with Crippen LogP contribution in [0.4, 0.5) is 5.69 Å². The number of ether oxygens (including phenoxy) is 2. The first-order valence-corrected chi connectivity index (χ1v) is 14.1. The summed E-state index contributed by atoms with van der Waals surface area (Å²) in [7, 11) is 0. The Bertz CT molecular complexity index is 1420. The molecule has 1 N–H and O–H groups in total. The summed E-state index contributed by atoms with van der Waals surface area (Å²) in [4.78, 5) is 50.8. The summed E-state index contributed by atoms with van der Waals surface area (Å²) >= 11 is 6.32. The maximum Gasteiger partial charge on any atom is 0.355 e. The van der Waals surface area contributed by atoms with Crippen molar-refractivity contribution in [2.45, 2.75) is 42.2 Å². The number of hydrogen-bond acceptors (Lipinski definition) is 11. The number of benzene rings is 1. The summed E-state index contributed by atoms with van der Waals surface area (Å²) in [5.74, 6) is -1.64. The van der Waals surface area contributed by atoms with E-state index in [2.05, 4.69) is 27.4 Å². The van der Waals surface area contributed by atoms with Gasteiger partial charge in [0.1, 0.15) is 22.7 Å². The summed E-state index contributed by atoms with van der Waals surface area (Å²) in [5, 5.41) is 14.7. The molecule has 14 heteroatoms. The number of rotatable bonds is 7. The van der Waals surface area contributed by atoms with Gasteiger partial charge in [-0.3, -0.25) is 35.0 Å².